The lowest BCUT2D eigenvalue weighted by Crippen LogP contribution is -2.45. The Morgan fingerprint density at radius 3 is 1.04 bits per heavy atom. The van der Waals surface area contributed by atoms with E-state index in [1.165, 1.54) is 283 Å². The Morgan fingerprint density at radius 1 is 0.432 bits per heavy atom. The summed E-state index contributed by atoms with van der Waals surface area (Å²) in [5, 5.41) is 14.0. The van der Waals surface area contributed by atoms with Gasteiger partial charge >= 0.3 is 0 Å². The maximum absolute atomic E-state index is 13.0. The second-order valence-electron chi connectivity index (χ2n) is 25.6. The van der Waals surface area contributed by atoms with Crippen molar-refractivity contribution in [2.75, 3.05) is 40.9 Å². The second-order valence-corrected chi connectivity index (χ2v) is 27.0. The number of aliphatic hydroxyl groups is 1. The summed E-state index contributed by atoms with van der Waals surface area (Å²) in [6.45, 7) is 4.69. The first-order valence-corrected chi connectivity index (χ1v) is 37.0. The minimum Gasteiger partial charge on any atom is -0.756 e. The fourth-order valence-electron chi connectivity index (χ4n) is 10.8. The molecule has 0 aliphatic carbocycles. The molecule has 9 heteroatoms. The molecule has 0 aromatic carbocycles. The quantitative estimate of drug-likeness (QED) is 0.0272. The molecule has 0 fully saturated rings. The van der Waals surface area contributed by atoms with Crippen LogP contribution >= 0.6 is 7.82 Å². The van der Waals surface area contributed by atoms with Gasteiger partial charge in [-0.3, -0.25) is 9.36 Å². The van der Waals surface area contributed by atoms with Gasteiger partial charge in [0.05, 0.1) is 39.9 Å². The third-order valence-electron chi connectivity index (χ3n) is 16.3. The number of nitrogens with one attached hydrogen (secondary N) is 1. The molecule has 0 heterocycles. The summed E-state index contributed by atoms with van der Waals surface area (Å²) < 4.78 is 23.5. The highest BCUT2D eigenvalue weighted by atomic mass is 31.2. The summed E-state index contributed by atoms with van der Waals surface area (Å²) in [7, 11) is 1.28. The van der Waals surface area contributed by atoms with Gasteiger partial charge in [-0.05, 0) is 57.8 Å². The molecule has 0 rings (SSSR count). The van der Waals surface area contributed by atoms with Gasteiger partial charge in [0.15, 0.2) is 0 Å². The summed E-state index contributed by atoms with van der Waals surface area (Å²) in [5.41, 5.74) is 0. The minimum absolute atomic E-state index is 0.000700. The van der Waals surface area contributed by atoms with Gasteiger partial charge in [0, 0.05) is 6.42 Å². The zero-order valence-electron chi connectivity index (χ0n) is 54.8. The summed E-state index contributed by atoms with van der Waals surface area (Å²) in [4.78, 5) is 25.6. The molecule has 0 radical (unpaired) electrons. The van der Waals surface area contributed by atoms with Gasteiger partial charge in [-0.25, -0.2) is 0 Å². The lowest BCUT2D eigenvalue weighted by molar-refractivity contribution is -0.870. The van der Waals surface area contributed by atoms with Crippen molar-refractivity contribution in [3.8, 4) is 0 Å². The van der Waals surface area contributed by atoms with Crippen molar-refractivity contribution in [1.82, 2.24) is 5.32 Å². The van der Waals surface area contributed by atoms with Crippen LogP contribution in [-0.4, -0.2) is 68.5 Å². The molecule has 478 valence electrons. The average Bonchev–Trinajstić information content (AvgIpc) is 3.43. The Morgan fingerprint density at radius 2 is 0.716 bits per heavy atom. The molecule has 0 saturated carbocycles. The van der Waals surface area contributed by atoms with Crippen molar-refractivity contribution in [3.05, 3.63) is 48.6 Å². The number of phosphoric ester groups is 1. The number of hydrogen-bond donors (Lipinski definition) is 2. The summed E-state index contributed by atoms with van der Waals surface area (Å²) in [5.74, 6) is -0.190. The highest BCUT2D eigenvalue weighted by molar-refractivity contribution is 7.45. The zero-order valence-corrected chi connectivity index (χ0v) is 55.6. The summed E-state index contributed by atoms with van der Waals surface area (Å²) >= 11 is 0. The molecule has 3 atom stereocenters. The van der Waals surface area contributed by atoms with Crippen molar-refractivity contribution in [3.63, 3.8) is 0 Å². The molecule has 0 aliphatic heterocycles. The van der Waals surface area contributed by atoms with E-state index in [0.29, 0.717) is 17.4 Å². The molecule has 81 heavy (non-hydrogen) atoms. The van der Waals surface area contributed by atoms with E-state index in [-0.39, 0.29) is 19.1 Å². The van der Waals surface area contributed by atoms with Gasteiger partial charge in [0.25, 0.3) is 7.82 Å². The van der Waals surface area contributed by atoms with Crippen molar-refractivity contribution in [2.24, 2.45) is 0 Å². The number of phosphoric acid groups is 1. The molecule has 0 saturated heterocycles. The summed E-state index contributed by atoms with van der Waals surface area (Å²) in [6, 6.07) is -0.887. The number of quaternary nitrogens is 1. The molecule has 1 amide bonds. The molecule has 0 aromatic heterocycles. The monoisotopic (exact) mass is 1160 g/mol. The van der Waals surface area contributed by atoms with Crippen LogP contribution in [0.4, 0.5) is 0 Å². The largest absolute Gasteiger partial charge is 0.756 e. The SMILES string of the molecule is CCCCCCC/C=C\C/C=C\C/C=C\CCCCCCCCCCCCCCCCCCCCCCCCC(=O)NC(COP(=O)([O-])OCC[N+](C)(C)C)C(O)/C=C/CCCCCCCCCCCCCCCCCCCCCC. The fraction of sp³-hybridized carbons (Fsp3) is 0.875. The van der Waals surface area contributed by atoms with E-state index in [2.05, 4.69) is 55.6 Å². The zero-order chi connectivity index (χ0) is 59.1. The topological polar surface area (TPSA) is 108 Å². The van der Waals surface area contributed by atoms with E-state index in [1.807, 2.05) is 27.2 Å². The number of amides is 1. The first kappa shape index (κ1) is 79.5. The molecule has 0 bridgehead atoms. The predicted octanol–water partition coefficient (Wildman–Crippen LogP) is 22.0. The Kier molecular flexibility index (Phi) is 61.8. The molecular weight excluding hydrogens is 1020 g/mol. The van der Waals surface area contributed by atoms with Crippen LogP contribution in [-0.2, 0) is 18.4 Å². The molecule has 3 unspecified atom stereocenters. The van der Waals surface area contributed by atoms with Gasteiger partial charge in [-0.2, -0.15) is 0 Å². The molecule has 8 nitrogen and oxygen atoms in total. The van der Waals surface area contributed by atoms with Crippen LogP contribution in [0.2, 0.25) is 0 Å². The van der Waals surface area contributed by atoms with Crippen LogP contribution in [0, 0.1) is 0 Å². The van der Waals surface area contributed by atoms with E-state index in [4.69, 9.17) is 9.05 Å². The van der Waals surface area contributed by atoms with Gasteiger partial charge < -0.3 is 28.8 Å². The van der Waals surface area contributed by atoms with Gasteiger partial charge in [0.1, 0.15) is 13.2 Å². The standard InChI is InChI=1S/C72H139N2O6P/c1-6-8-10-12-14-16-18-20-22-24-26-28-30-31-32-33-34-35-36-37-38-39-40-41-42-43-44-46-48-50-52-54-56-58-60-62-64-66-72(76)73-70(69-80-81(77,78)79-68-67-74(3,4)5)71(75)65-63-61-59-57-55-53-51-49-47-45-29-27-25-23-21-19-17-15-13-11-9-7-2/h18,20,24,26,30-31,63,65,70-71,75H,6-17,19,21-23,25,27-29,32-62,64,66-69H2,1-5H3,(H-,73,76,77,78)/b20-18-,26-24-,31-30-,65-63+. The molecule has 0 aliphatic rings. The molecule has 2 N–H and O–H groups in total. The van der Waals surface area contributed by atoms with Gasteiger partial charge in [0.2, 0.25) is 5.91 Å². The number of aliphatic hydroxyl groups excluding tert-OH is 1. The highest BCUT2D eigenvalue weighted by Gasteiger charge is 2.23. The molecule has 0 aromatic rings. The number of allylic oxidation sites excluding steroid dienone is 7. The van der Waals surface area contributed by atoms with Crippen LogP contribution in [0.25, 0.3) is 0 Å². The Bertz CT molecular complexity index is 1460. The van der Waals surface area contributed by atoms with Crippen LogP contribution in [0.5, 0.6) is 0 Å². The fourth-order valence-corrected chi connectivity index (χ4v) is 11.5. The van der Waals surface area contributed by atoms with Crippen LogP contribution < -0.4 is 10.2 Å². The predicted molar refractivity (Wildman–Crippen MR) is 353 cm³/mol. The number of hydrogen-bond acceptors (Lipinski definition) is 6. The maximum atomic E-state index is 13.0. The minimum atomic E-state index is -4.60. The Labute approximate surface area is 505 Å². The van der Waals surface area contributed by atoms with E-state index >= 15 is 0 Å². The number of unbranched alkanes of at least 4 members (excludes halogenated alkanes) is 47. The van der Waals surface area contributed by atoms with Crippen LogP contribution in [0.1, 0.15) is 354 Å². The number of carbonyl (C=O) groups excluding carboxylic acids is 1. The van der Waals surface area contributed by atoms with Crippen LogP contribution in [0.15, 0.2) is 48.6 Å². The maximum Gasteiger partial charge on any atom is 0.268 e. The van der Waals surface area contributed by atoms with E-state index in [1.54, 1.807) is 6.08 Å². The number of nitrogens with zero attached hydrogens (tertiary/aromatic N) is 1. The smallest absolute Gasteiger partial charge is 0.268 e. The molecule has 0 spiro atoms. The lowest BCUT2D eigenvalue weighted by atomic mass is 10.0. The summed E-state index contributed by atoms with van der Waals surface area (Å²) in [6.07, 6.45) is 85.2. The van der Waals surface area contributed by atoms with Crippen molar-refractivity contribution >= 4 is 13.7 Å². The van der Waals surface area contributed by atoms with Gasteiger partial charge in [-0.1, -0.05) is 339 Å². The van der Waals surface area contributed by atoms with E-state index in [0.717, 1.165) is 51.4 Å². The third kappa shape index (κ3) is 65.9. The molecular formula is C72H139N2O6P. The lowest BCUT2D eigenvalue weighted by Gasteiger charge is -2.29. The first-order valence-electron chi connectivity index (χ1n) is 35.5. The van der Waals surface area contributed by atoms with Gasteiger partial charge in [-0.15, -0.1) is 0 Å². The van der Waals surface area contributed by atoms with Crippen molar-refractivity contribution < 1.29 is 32.9 Å². The van der Waals surface area contributed by atoms with Crippen molar-refractivity contribution in [1.29, 1.82) is 0 Å². The first-order chi connectivity index (χ1) is 39.5. The Hall–Kier alpha value is -1.54. The van der Waals surface area contributed by atoms with E-state index < -0.39 is 20.0 Å². The highest BCUT2D eigenvalue weighted by Crippen LogP contribution is 2.38. The Balaban J connectivity index is 3.98. The normalized spacial score (nSPS) is 13.9. The van der Waals surface area contributed by atoms with Crippen LogP contribution in [0.3, 0.4) is 0 Å². The number of carbonyl (C=O) groups is 1. The van der Waals surface area contributed by atoms with Crippen molar-refractivity contribution in [2.45, 2.75) is 366 Å². The average molecular weight is 1160 g/mol. The van der Waals surface area contributed by atoms with E-state index in [9.17, 15) is 19.4 Å². The third-order valence-corrected chi connectivity index (χ3v) is 17.2. The number of likely N-dealkylation sites (N-methyl/N-ethyl adjacent to an activating group) is 1. The second kappa shape index (κ2) is 63.0. The number of rotatable bonds is 66.